The maximum absolute atomic E-state index is 12.4. The van der Waals surface area contributed by atoms with Crippen molar-refractivity contribution in [3.05, 3.63) is 66.1 Å². The van der Waals surface area contributed by atoms with Crippen molar-refractivity contribution in [1.82, 2.24) is 19.9 Å². The third-order valence-electron chi connectivity index (χ3n) is 9.80. The molecule has 0 aliphatic carbocycles. The van der Waals surface area contributed by atoms with E-state index in [4.69, 9.17) is 9.97 Å². The Bertz CT molecular complexity index is 2580. The fourth-order valence-electron chi connectivity index (χ4n) is 7.24. The van der Waals surface area contributed by atoms with Crippen molar-refractivity contribution in [3.8, 4) is 0 Å². The lowest BCUT2D eigenvalue weighted by Gasteiger charge is -2.08. The average Bonchev–Trinajstić information content (AvgIpc) is 3.84. The largest absolute Gasteiger partial charge is 0.481 e. The fraction of sp³-hybridized carbons (Fsp3) is 0.308. The number of carboxylic acids is 7. The second kappa shape index (κ2) is 18.2. The van der Waals surface area contributed by atoms with E-state index in [-0.39, 0.29) is 119 Å². The zero-order valence-electron chi connectivity index (χ0n) is 31.1. The molecule has 0 saturated heterocycles. The minimum absolute atomic E-state index is 0.0365. The maximum atomic E-state index is 12.4. The van der Waals surface area contributed by atoms with E-state index in [0.717, 1.165) is 0 Å². The Kier molecular flexibility index (Phi) is 13.6. The van der Waals surface area contributed by atoms with Crippen LogP contribution in [-0.2, 0) is 59.2 Å². The molecule has 0 radical (unpaired) electrons. The molecule has 0 amide bonds. The van der Waals surface area contributed by atoms with E-state index in [1.807, 2.05) is 0 Å². The SMILES string of the molecule is CC1=C(CCC(=O)O)c2nc1c(Br)c1nc(cc3[nH]c(cc4[nH]c(c2Br)c(CC(=O)O)c4CCC(=O)O)c(CC(=O)O)c3CCC(=O)O)C(CC(=O)O)=C1CCC(=O)O. The molecule has 310 valence electrons. The number of hydrogen-bond donors (Lipinski definition) is 9. The number of allylic oxidation sites excluding steroid dienone is 3. The van der Waals surface area contributed by atoms with E-state index in [2.05, 4.69) is 41.8 Å². The average molecular weight is 945 g/mol. The van der Waals surface area contributed by atoms with Gasteiger partial charge in [-0.25, -0.2) is 9.97 Å². The number of H-pyrrole nitrogens is 2. The van der Waals surface area contributed by atoms with Crippen LogP contribution in [0, 0.1) is 0 Å². The van der Waals surface area contributed by atoms with Crippen LogP contribution >= 0.6 is 31.9 Å². The van der Waals surface area contributed by atoms with Crippen LogP contribution in [0.4, 0.5) is 0 Å². The molecule has 2 aliphatic rings. The quantitative estimate of drug-likeness (QED) is 0.0688. The van der Waals surface area contributed by atoms with Crippen LogP contribution in [0.15, 0.2) is 21.1 Å². The van der Waals surface area contributed by atoms with Crippen molar-refractivity contribution < 1.29 is 69.3 Å². The van der Waals surface area contributed by atoms with Crippen LogP contribution < -0.4 is 0 Å². The smallest absolute Gasteiger partial charge is 0.307 e. The van der Waals surface area contributed by atoms with Gasteiger partial charge in [0.25, 0.3) is 0 Å². The highest BCUT2D eigenvalue weighted by Gasteiger charge is 2.30. The van der Waals surface area contributed by atoms with Crippen molar-refractivity contribution in [1.29, 1.82) is 0 Å². The Balaban J connectivity index is 2.13. The van der Waals surface area contributed by atoms with Crippen LogP contribution in [0.25, 0.3) is 44.4 Å². The number of carboxylic acid groups (broad SMARTS) is 7. The summed E-state index contributed by atoms with van der Waals surface area (Å²) < 4.78 is 0.337. The summed E-state index contributed by atoms with van der Waals surface area (Å²) in [5.41, 5.74) is 3.07. The number of nitrogens with one attached hydrogen (secondary N) is 2. The van der Waals surface area contributed by atoms with Gasteiger partial charge in [0.2, 0.25) is 0 Å². The maximum Gasteiger partial charge on any atom is 0.307 e. The van der Waals surface area contributed by atoms with Crippen LogP contribution in [0.1, 0.15) is 96.9 Å². The number of nitrogens with zero attached hydrogens (tertiary/aromatic N) is 2. The first-order valence-electron chi connectivity index (χ1n) is 17.9. The number of aliphatic carboxylic acids is 7. The third kappa shape index (κ3) is 9.94. The number of halogens is 2. The van der Waals surface area contributed by atoms with Gasteiger partial charge in [-0.05, 0) is 121 Å². The van der Waals surface area contributed by atoms with E-state index >= 15 is 0 Å². The Morgan fingerprint density at radius 1 is 0.492 bits per heavy atom. The summed E-state index contributed by atoms with van der Waals surface area (Å²) >= 11 is 7.17. The van der Waals surface area contributed by atoms with Gasteiger partial charge in [0.15, 0.2) is 0 Å². The number of carbonyl (C=O) groups is 7. The molecule has 0 aromatic carbocycles. The molecular weight excluding hydrogens is 908 g/mol. The van der Waals surface area contributed by atoms with E-state index in [9.17, 15) is 69.3 Å². The summed E-state index contributed by atoms with van der Waals surface area (Å²) in [6, 6.07) is 2.86. The number of fused-ring (bicyclic) bond motifs is 8. The molecule has 0 spiro atoms. The first-order chi connectivity index (χ1) is 27.8. The minimum Gasteiger partial charge on any atom is -0.481 e. The highest BCUT2D eigenvalue weighted by Crippen LogP contribution is 2.45. The Labute approximate surface area is 349 Å². The molecular formula is C39H36Br2N4O14. The van der Waals surface area contributed by atoms with Gasteiger partial charge in [-0.15, -0.1) is 0 Å². The number of aryl methyl sites for hydroxylation is 2. The summed E-state index contributed by atoms with van der Waals surface area (Å²) in [5, 5.41) is 68.9. The fourth-order valence-corrected chi connectivity index (χ4v) is 8.62. The number of aromatic amines is 2. The molecule has 3 aromatic rings. The molecule has 5 rings (SSSR count). The molecule has 0 unspecified atom stereocenters. The predicted molar refractivity (Wildman–Crippen MR) is 216 cm³/mol. The molecule has 0 fully saturated rings. The summed E-state index contributed by atoms with van der Waals surface area (Å²) in [5.74, 6) is -8.60. The third-order valence-corrected chi connectivity index (χ3v) is 11.3. The molecule has 3 aromatic heterocycles. The standard InChI is InChI=1S/C39H36Br2N4O14/c1-15-16(2-6-27(46)47)37-35(41)39-22(12-33(58)59)18(4-8-29(50)51)24(43-39)14-25-20(10-31(54)55)17(3-7-28(48)49)23(42-25)13-26-21(11-32(56)57)19(5-9-30(52)53)38(44-26)34(40)36(15)45-37/h13-14,42-43H,2-12H2,1H3,(H,46,47)(H,48,49)(H,50,51)(H,52,53)(H,54,55)(H,56,57)(H,58,59). The van der Waals surface area contributed by atoms with Gasteiger partial charge in [0, 0.05) is 42.2 Å². The normalized spacial score (nSPS) is 12.5. The molecule has 2 aliphatic heterocycles. The van der Waals surface area contributed by atoms with Gasteiger partial charge in [0.05, 0.1) is 56.5 Å². The first-order valence-corrected chi connectivity index (χ1v) is 19.5. The topological polar surface area (TPSA) is 318 Å². The summed E-state index contributed by atoms with van der Waals surface area (Å²) in [7, 11) is 0. The van der Waals surface area contributed by atoms with E-state index in [1.165, 1.54) is 12.1 Å². The van der Waals surface area contributed by atoms with Crippen LogP contribution in [0.5, 0.6) is 0 Å². The molecule has 0 atom stereocenters. The van der Waals surface area contributed by atoms with Gasteiger partial charge >= 0.3 is 41.8 Å². The van der Waals surface area contributed by atoms with Crippen LogP contribution in [0.3, 0.4) is 0 Å². The van der Waals surface area contributed by atoms with Gasteiger partial charge in [-0.1, -0.05) is 0 Å². The first kappa shape index (κ1) is 44.0. The van der Waals surface area contributed by atoms with Crippen molar-refractivity contribution in [3.63, 3.8) is 0 Å². The molecule has 5 heterocycles. The zero-order chi connectivity index (χ0) is 43.5. The summed E-state index contributed by atoms with van der Waals surface area (Å²) in [6.45, 7) is 1.66. The highest BCUT2D eigenvalue weighted by molar-refractivity contribution is 9.11. The van der Waals surface area contributed by atoms with Crippen molar-refractivity contribution in [2.24, 2.45) is 0 Å². The number of rotatable bonds is 18. The Hall–Kier alpha value is -6.15. The van der Waals surface area contributed by atoms with Gasteiger partial charge in [-0.2, -0.15) is 0 Å². The second-order valence-corrected chi connectivity index (χ2v) is 15.3. The lowest BCUT2D eigenvalue weighted by atomic mass is 9.96. The summed E-state index contributed by atoms with van der Waals surface area (Å²) in [6.07, 6.45) is -4.23. The van der Waals surface area contributed by atoms with Crippen molar-refractivity contribution >= 4 is 118 Å². The lowest BCUT2D eigenvalue weighted by molar-refractivity contribution is -0.138. The predicted octanol–water partition coefficient (Wildman–Crippen LogP) is 6.17. The van der Waals surface area contributed by atoms with Gasteiger partial charge in [0.1, 0.15) is 0 Å². The van der Waals surface area contributed by atoms with E-state index in [0.29, 0.717) is 11.1 Å². The summed E-state index contributed by atoms with van der Waals surface area (Å²) in [4.78, 5) is 100. The molecule has 8 bridgehead atoms. The lowest BCUT2D eigenvalue weighted by Crippen LogP contribution is -2.05. The van der Waals surface area contributed by atoms with Gasteiger partial charge < -0.3 is 45.7 Å². The minimum atomic E-state index is -1.30. The molecule has 9 N–H and O–H groups in total. The molecule has 20 heteroatoms. The van der Waals surface area contributed by atoms with Crippen LogP contribution in [0.2, 0.25) is 0 Å². The Morgan fingerprint density at radius 2 is 0.949 bits per heavy atom. The van der Waals surface area contributed by atoms with Crippen LogP contribution in [-0.4, -0.2) is 97.5 Å². The van der Waals surface area contributed by atoms with Crippen molar-refractivity contribution in [2.45, 2.75) is 77.6 Å². The monoisotopic (exact) mass is 942 g/mol. The second-order valence-electron chi connectivity index (χ2n) is 13.7. The molecule has 59 heavy (non-hydrogen) atoms. The van der Waals surface area contributed by atoms with Crippen molar-refractivity contribution in [2.75, 3.05) is 0 Å². The van der Waals surface area contributed by atoms with E-state index < -0.39 is 80.3 Å². The molecule has 0 saturated carbocycles. The van der Waals surface area contributed by atoms with E-state index in [1.54, 1.807) is 6.92 Å². The van der Waals surface area contributed by atoms with Gasteiger partial charge in [-0.3, -0.25) is 33.6 Å². The zero-order valence-corrected chi connectivity index (χ0v) is 34.2. The molecule has 18 nitrogen and oxygen atoms in total. The number of hydrogen-bond acceptors (Lipinski definition) is 9. The number of aromatic nitrogens is 4. The Morgan fingerprint density at radius 3 is 1.49 bits per heavy atom. The highest BCUT2D eigenvalue weighted by atomic mass is 79.9.